The molecule has 0 bridgehead atoms. The van der Waals surface area contributed by atoms with Crippen molar-refractivity contribution < 1.29 is 17.7 Å². The Bertz CT molecular complexity index is 688. The van der Waals surface area contributed by atoms with Crippen LogP contribution in [0.4, 0.5) is 13.2 Å². The molecule has 24 heavy (non-hydrogen) atoms. The Labute approximate surface area is 138 Å². The highest BCUT2D eigenvalue weighted by molar-refractivity contribution is 5.55. The highest BCUT2D eigenvalue weighted by atomic mass is 19.4. The highest BCUT2D eigenvalue weighted by Gasteiger charge is 2.31. The summed E-state index contributed by atoms with van der Waals surface area (Å²) in [6.07, 6.45) is -3.18. The van der Waals surface area contributed by atoms with Gasteiger partial charge in [0.25, 0.3) is 0 Å². The van der Waals surface area contributed by atoms with Crippen LogP contribution in [0.5, 0.6) is 0 Å². The van der Waals surface area contributed by atoms with Crippen LogP contribution >= 0.6 is 0 Å². The summed E-state index contributed by atoms with van der Waals surface area (Å²) in [6, 6.07) is 4.97. The molecule has 1 aromatic heterocycles. The molecule has 3 rings (SSSR count). The Balaban J connectivity index is 1.74. The molecule has 1 fully saturated rings. The summed E-state index contributed by atoms with van der Waals surface area (Å²) in [5, 5.41) is 3.83. The molecule has 0 saturated carbocycles. The van der Waals surface area contributed by atoms with Gasteiger partial charge in [-0.25, -0.2) is 0 Å². The first-order valence-corrected chi connectivity index (χ1v) is 8.04. The van der Waals surface area contributed by atoms with Crippen molar-refractivity contribution in [2.24, 2.45) is 11.8 Å². The van der Waals surface area contributed by atoms with Gasteiger partial charge in [-0.1, -0.05) is 31.1 Å². The average molecular weight is 339 g/mol. The monoisotopic (exact) mass is 339 g/mol. The molecule has 0 unspecified atom stereocenters. The topological polar surface area (TPSA) is 42.2 Å². The normalized spacial score (nSPS) is 22.7. The van der Waals surface area contributed by atoms with Crippen LogP contribution in [-0.2, 0) is 12.7 Å². The number of rotatable bonds is 3. The standard InChI is InChI=1S/C17H20F3N3O/c1-11-6-12(2)9-23(8-11)10-15-21-16(22-24-15)13-4-3-5-14(7-13)17(18,19)20/h3-5,7,11-12H,6,8-10H2,1-2H3/t11-,12-/m0/s1. The summed E-state index contributed by atoms with van der Waals surface area (Å²) >= 11 is 0. The summed E-state index contributed by atoms with van der Waals surface area (Å²) in [5.74, 6) is 1.84. The molecule has 1 aliphatic rings. The second-order valence-electron chi connectivity index (χ2n) is 6.73. The van der Waals surface area contributed by atoms with Crippen LogP contribution in [-0.4, -0.2) is 28.1 Å². The molecule has 0 spiro atoms. The van der Waals surface area contributed by atoms with E-state index < -0.39 is 11.7 Å². The van der Waals surface area contributed by atoms with E-state index in [1.54, 1.807) is 6.07 Å². The van der Waals surface area contributed by atoms with E-state index in [4.69, 9.17) is 4.52 Å². The fourth-order valence-electron chi connectivity index (χ4n) is 3.38. The third-order valence-electron chi connectivity index (χ3n) is 4.22. The van der Waals surface area contributed by atoms with Crippen molar-refractivity contribution in [3.63, 3.8) is 0 Å². The number of nitrogens with zero attached hydrogens (tertiary/aromatic N) is 3. The van der Waals surface area contributed by atoms with Gasteiger partial charge in [-0.3, -0.25) is 4.90 Å². The van der Waals surface area contributed by atoms with Gasteiger partial charge in [0, 0.05) is 18.7 Å². The van der Waals surface area contributed by atoms with Crippen LogP contribution < -0.4 is 0 Å². The van der Waals surface area contributed by atoms with Crippen LogP contribution in [0.25, 0.3) is 11.4 Å². The van der Waals surface area contributed by atoms with Crippen molar-refractivity contribution in [1.29, 1.82) is 0 Å². The average Bonchev–Trinajstić information content (AvgIpc) is 2.94. The number of benzene rings is 1. The van der Waals surface area contributed by atoms with Crippen molar-refractivity contribution in [3.8, 4) is 11.4 Å². The largest absolute Gasteiger partial charge is 0.416 e. The van der Waals surface area contributed by atoms with E-state index in [1.807, 2.05) is 0 Å². The Morgan fingerprint density at radius 1 is 1.21 bits per heavy atom. The van der Waals surface area contributed by atoms with E-state index in [9.17, 15) is 13.2 Å². The fourth-order valence-corrected chi connectivity index (χ4v) is 3.38. The summed E-state index contributed by atoms with van der Waals surface area (Å²) in [5.41, 5.74) is -0.412. The Morgan fingerprint density at radius 3 is 2.58 bits per heavy atom. The van der Waals surface area contributed by atoms with Gasteiger partial charge in [0.2, 0.25) is 11.7 Å². The lowest BCUT2D eigenvalue weighted by Gasteiger charge is -2.33. The van der Waals surface area contributed by atoms with Crippen LogP contribution in [0.15, 0.2) is 28.8 Å². The smallest absolute Gasteiger partial charge is 0.338 e. The lowest BCUT2D eigenvalue weighted by Crippen LogP contribution is -2.38. The summed E-state index contributed by atoms with van der Waals surface area (Å²) in [7, 11) is 0. The number of halogens is 3. The molecule has 2 heterocycles. The molecule has 0 aliphatic carbocycles. The number of alkyl halides is 3. The van der Waals surface area contributed by atoms with Gasteiger partial charge >= 0.3 is 6.18 Å². The van der Waals surface area contributed by atoms with E-state index in [0.717, 1.165) is 25.2 Å². The number of aromatic nitrogens is 2. The Kier molecular flexibility index (Phi) is 4.62. The first kappa shape index (κ1) is 17.0. The number of piperidine rings is 1. The third kappa shape index (κ3) is 3.95. The van der Waals surface area contributed by atoms with E-state index in [1.165, 1.54) is 12.5 Å². The van der Waals surface area contributed by atoms with Gasteiger partial charge in [0.15, 0.2) is 0 Å². The fraction of sp³-hybridized carbons (Fsp3) is 0.529. The van der Waals surface area contributed by atoms with Crippen LogP contribution in [0, 0.1) is 11.8 Å². The van der Waals surface area contributed by atoms with Crippen LogP contribution in [0.1, 0.15) is 31.7 Å². The molecular formula is C17H20F3N3O. The lowest BCUT2D eigenvalue weighted by molar-refractivity contribution is -0.137. The minimum Gasteiger partial charge on any atom is -0.338 e. The van der Waals surface area contributed by atoms with Crippen molar-refractivity contribution in [3.05, 3.63) is 35.7 Å². The van der Waals surface area contributed by atoms with E-state index in [0.29, 0.717) is 29.8 Å². The zero-order valence-corrected chi connectivity index (χ0v) is 13.7. The number of likely N-dealkylation sites (tertiary alicyclic amines) is 1. The molecule has 2 aromatic rings. The highest BCUT2D eigenvalue weighted by Crippen LogP contribution is 2.31. The van der Waals surface area contributed by atoms with Crippen LogP contribution in [0.3, 0.4) is 0 Å². The number of hydrogen-bond acceptors (Lipinski definition) is 4. The van der Waals surface area contributed by atoms with Crippen molar-refractivity contribution in [1.82, 2.24) is 15.0 Å². The van der Waals surface area contributed by atoms with Crippen molar-refractivity contribution in [2.75, 3.05) is 13.1 Å². The second kappa shape index (κ2) is 6.55. The van der Waals surface area contributed by atoms with Gasteiger partial charge in [-0.05, 0) is 30.4 Å². The molecule has 1 aromatic carbocycles. The minimum atomic E-state index is -4.39. The van der Waals surface area contributed by atoms with E-state index >= 15 is 0 Å². The molecule has 2 atom stereocenters. The first-order valence-electron chi connectivity index (χ1n) is 8.04. The number of hydrogen-bond donors (Lipinski definition) is 0. The lowest BCUT2D eigenvalue weighted by atomic mass is 9.92. The molecule has 0 amide bonds. The Morgan fingerprint density at radius 2 is 1.92 bits per heavy atom. The SMILES string of the molecule is C[C@H]1C[C@H](C)CN(Cc2nc(-c3cccc(C(F)(F)F)c3)no2)C1. The van der Waals surface area contributed by atoms with E-state index in [-0.39, 0.29) is 5.82 Å². The summed E-state index contributed by atoms with van der Waals surface area (Å²) < 4.78 is 43.6. The van der Waals surface area contributed by atoms with Gasteiger partial charge in [0.05, 0.1) is 12.1 Å². The second-order valence-corrected chi connectivity index (χ2v) is 6.73. The van der Waals surface area contributed by atoms with Crippen LogP contribution in [0.2, 0.25) is 0 Å². The van der Waals surface area contributed by atoms with Gasteiger partial charge in [0.1, 0.15) is 0 Å². The molecule has 7 heteroatoms. The summed E-state index contributed by atoms with van der Waals surface area (Å²) in [4.78, 5) is 6.51. The molecule has 0 N–H and O–H groups in total. The quantitative estimate of drug-likeness (QED) is 0.839. The molecule has 1 aliphatic heterocycles. The maximum atomic E-state index is 12.8. The molecular weight excluding hydrogens is 319 g/mol. The molecule has 0 radical (unpaired) electrons. The predicted molar refractivity (Wildman–Crippen MR) is 83.0 cm³/mol. The van der Waals surface area contributed by atoms with Crippen molar-refractivity contribution in [2.45, 2.75) is 33.0 Å². The first-order chi connectivity index (χ1) is 11.3. The van der Waals surface area contributed by atoms with Crippen molar-refractivity contribution >= 4 is 0 Å². The van der Waals surface area contributed by atoms with E-state index in [2.05, 4.69) is 28.9 Å². The molecule has 1 saturated heterocycles. The van der Waals surface area contributed by atoms with Gasteiger partial charge < -0.3 is 4.52 Å². The summed E-state index contributed by atoms with van der Waals surface area (Å²) in [6.45, 7) is 6.88. The zero-order chi connectivity index (χ0) is 17.3. The Hall–Kier alpha value is -1.89. The van der Waals surface area contributed by atoms with Gasteiger partial charge in [-0.15, -0.1) is 0 Å². The third-order valence-corrected chi connectivity index (χ3v) is 4.22. The maximum Gasteiger partial charge on any atom is 0.416 e. The minimum absolute atomic E-state index is 0.189. The predicted octanol–water partition coefficient (Wildman–Crippen LogP) is 4.23. The van der Waals surface area contributed by atoms with Gasteiger partial charge in [-0.2, -0.15) is 18.2 Å². The molecule has 4 nitrogen and oxygen atoms in total. The maximum absolute atomic E-state index is 12.8. The molecule has 130 valence electrons. The zero-order valence-electron chi connectivity index (χ0n) is 13.7.